The lowest BCUT2D eigenvalue weighted by atomic mass is 9.92. The molecule has 1 amide bonds. The molecular weight excluding hydrogens is 358 g/mol. The van der Waals surface area contributed by atoms with E-state index in [-0.39, 0.29) is 11.2 Å². The standard InChI is InChI=1S/C22H27NO3S/c1-22(2,18-9-5-4-6-10-18)23(3)21(24)17-13-15-20(16-14-17)27(25,26)19-11-7-8-12-19/h4-6,9-10,13-16,19H,7-8,11-12H2,1-3H3. The van der Waals surface area contributed by atoms with E-state index < -0.39 is 15.4 Å². The highest BCUT2D eigenvalue weighted by Crippen LogP contribution is 2.31. The van der Waals surface area contributed by atoms with Crippen molar-refractivity contribution in [2.45, 2.75) is 55.2 Å². The van der Waals surface area contributed by atoms with Gasteiger partial charge in [0.15, 0.2) is 9.84 Å². The van der Waals surface area contributed by atoms with Crippen LogP contribution in [0.1, 0.15) is 55.5 Å². The molecule has 0 spiro atoms. The normalized spacial score (nSPS) is 15.7. The van der Waals surface area contributed by atoms with E-state index in [4.69, 9.17) is 0 Å². The first-order valence-corrected chi connectivity index (χ1v) is 11.0. The van der Waals surface area contributed by atoms with Gasteiger partial charge < -0.3 is 4.90 Å². The van der Waals surface area contributed by atoms with E-state index in [1.165, 1.54) is 0 Å². The van der Waals surface area contributed by atoms with Gasteiger partial charge in [-0.1, -0.05) is 43.2 Å². The minimum Gasteiger partial charge on any atom is -0.333 e. The molecule has 3 rings (SSSR count). The maximum Gasteiger partial charge on any atom is 0.254 e. The molecule has 1 saturated carbocycles. The van der Waals surface area contributed by atoms with Crippen LogP contribution < -0.4 is 0 Å². The fourth-order valence-electron chi connectivity index (χ4n) is 3.67. The van der Waals surface area contributed by atoms with E-state index in [1.807, 2.05) is 44.2 Å². The Labute approximate surface area is 162 Å². The molecule has 5 heteroatoms. The van der Waals surface area contributed by atoms with Crippen molar-refractivity contribution in [2.24, 2.45) is 0 Å². The zero-order valence-corrected chi connectivity index (χ0v) is 17.0. The molecule has 2 aromatic carbocycles. The summed E-state index contributed by atoms with van der Waals surface area (Å²) in [6, 6.07) is 16.3. The van der Waals surface area contributed by atoms with Crippen molar-refractivity contribution in [3.8, 4) is 0 Å². The average Bonchev–Trinajstić information content (AvgIpc) is 3.23. The maximum absolute atomic E-state index is 13.0. The highest BCUT2D eigenvalue weighted by Gasteiger charge is 2.32. The van der Waals surface area contributed by atoms with Crippen LogP contribution in [0.25, 0.3) is 0 Å². The Morgan fingerprint density at radius 1 is 0.963 bits per heavy atom. The Balaban J connectivity index is 1.81. The molecule has 2 aromatic rings. The maximum atomic E-state index is 13.0. The van der Waals surface area contributed by atoms with Gasteiger partial charge in [-0.15, -0.1) is 0 Å². The number of benzene rings is 2. The van der Waals surface area contributed by atoms with Crippen LogP contribution in [0, 0.1) is 0 Å². The number of amides is 1. The molecule has 144 valence electrons. The third-order valence-corrected chi connectivity index (χ3v) is 8.07. The van der Waals surface area contributed by atoms with E-state index in [9.17, 15) is 13.2 Å². The topological polar surface area (TPSA) is 54.5 Å². The summed E-state index contributed by atoms with van der Waals surface area (Å²) in [5.74, 6) is -0.131. The first kappa shape index (κ1) is 19.6. The molecule has 1 aliphatic rings. The third kappa shape index (κ3) is 3.79. The molecule has 0 heterocycles. The molecule has 0 aromatic heterocycles. The van der Waals surface area contributed by atoms with Crippen molar-refractivity contribution in [2.75, 3.05) is 7.05 Å². The highest BCUT2D eigenvalue weighted by molar-refractivity contribution is 7.92. The Hall–Kier alpha value is -2.14. The number of sulfone groups is 1. The average molecular weight is 386 g/mol. The first-order valence-electron chi connectivity index (χ1n) is 9.42. The van der Waals surface area contributed by atoms with Crippen molar-refractivity contribution in [3.05, 3.63) is 65.7 Å². The number of hydrogen-bond donors (Lipinski definition) is 0. The van der Waals surface area contributed by atoms with Crippen LogP contribution in [-0.2, 0) is 15.4 Å². The predicted molar refractivity (Wildman–Crippen MR) is 107 cm³/mol. The number of rotatable bonds is 5. The molecule has 0 radical (unpaired) electrons. The fourth-order valence-corrected chi connectivity index (χ4v) is 5.52. The summed E-state index contributed by atoms with van der Waals surface area (Å²) in [4.78, 5) is 15.0. The van der Waals surface area contributed by atoms with Gasteiger partial charge >= 0.3 is 0 Å². The molecule has 0 unspecified atom stereocenters. The fraction of sp³-hybridized carbons (Fsp3) is 0.409. The second-order valence-corrected chi connectivity index (χ2v) is 9.99. The van der Waals surface area contributed by atoms with Crippen LogP contribution in [0.4, 0.5) is 0 Å². The predicted octanol–water partition coefficient (Wildman–Crippen LogP) is 4.41. The molecule has 0 N–H and O–H groups in total. The zero-order chi connectivity index (χ0) is 19.7. The van der Waals surface area contributed by atoms with E-state index in [0.717, 1.165) is 31.2 Å². The van der Waals surface area contributed by atoms with Gasteiger partial charge in [0.2, 0.25) is 0 Å². The molecule has 0 aliphatic heterocycles. The van der Waals surface area contributed by atoms with E-state index in [2.05, 4.69) is 0 Å². The summed E-state index contributed by atoms with van der Waals surface area (Å²) in [5, 5.41) is -0.279. The summed E-state index contributed by atoms with van der Waals surface area (Å²) in [7, 11) is -1.52. The van der Waals surface area contributed by atoms with Crippen LogP contribution in [0.5, 0.6) is 0 Å². The molecule has 0 bridgehead atoms. The number of nitrogens with zero attached hydrogens (tertiary/aromatic N) is 1. The minimum atomic E-state index is -3.30. The summed E-state index contributed by atoms with van der Waals surface area (Å²) in [6.07, 6.45) is 3.41. The zero-order valence-electron chi connectivity index (χ0n) is 16.2. The minimum absolute atomic E-state index is 0.131. The quantitative estimate of drug-likeness (QED) is 0.766. The lowest BCUT2D eigenvalue weighted by Crippen LogP contribution is -2.42. The number of carbonyl (C=O) groups is 1. The Morgan fingerprint density at radius 3 is 2.07 bits per heavy atom. The van der Waals surface area contributed by atoms with Gasteiger partial charge in [-0.2, -0.15) is 0 Å². The molecule has 0 saturated heterocycles. The molecule has 27 heavy (non-hydrogen) atoms. The lowest BCUT2D eigenvalue weighted by molar-refractivity contribution is 0.0622. The van der Waals surface area contributed by atoms with Crippen LogP contribution in [0.15, 0.2) is 59.5 Å². The molecule has 1 fully saturated rings. The van der Waals surface area contributed by atoms with Crippen LogP contribution in [0.3, 0.4) is 0 Å². The molecular formula is C22H27NO3S. The molecule has 0 atom stereocenters. The summed E-state index contributed by atoms with van der Waals surface area (Å²) in [6.45, 7) is 4.00. The van der Waals surface area contributed by atoms with Crippen molar-refractivity contribution < 1.29 is 13.2 Å². The van der Waals surface area contributed by atoms with Gasteiger partial charge in [-0.3, -0.25) is 4.79 Å². The van der Waals surface area contributed by atoms with Crippen molar-refractivity contribution in [1.82, 2.24) is 4.90 Å². The van der Waals surface area contributed by atoms with Gasteiger partial charge in [-0.25, -0.2) is 8.42 Å². The van der Waals surface area contributed by atoms with Gasteiger partial charge in [0.1, 0.15) is 0 Å². The van der Waals surface area contributed by atoms with E-state index in [0.29, 0.717) is 10.5 Å². The van der Waals surface area contributed by atoms with E-state index >= 15 is 0 Å². The van der Waals surface area contributed by atoms with Gasteiger partial charge in [0, 0.05) is 12.6 Å². The Kier molecular flexibility index (Phi) is 5.43. The summed E-state index contributed by atoms with van der Waals surface area (Å²) >= 11 is 0. The Morgan fingerprint density at radius 2 is 1.52 bits per heavy atom. The van der Waals surface area contributed by atoms with Gasteiger partial charge in [0.25, 0.3) is 5.91 Å². The first-order chi connectivity index (χ1) is 12.7. The van der Waals surface area contributed by atoms with Crippen LogP contribution >= 0.6 is 0 Å². The monoisotopic (exact) mass is 385 g/mol. The Bertz CT molecular complexity index is 896. The lowest BCUT2D eigenvalue weighted by Gasteiger charge is -2.36. The second-order valence-electron chi connectivity index (χ2n) is 7.77. The number of hydrogen-bond acceptors (Lipinski definition) is 3. The van der Waals surface area contributed by atoms with Crippen LogP contribution in [0.2, 0.25) is 0 Å². The second kappa shape index (κ2) is 7.47. The summed E-state index contributed by atoms with van der Waals surface area (Å²) in [5.41, 5.74) is 1.06. The molecule has 4 nitrogen and oxygen atoms in total. The van der Waals surface area contributed by atoms with Crippen molar-refractivity contribution in [3.63, 3.8) is 0 Å². The number of carbonyl (C=O) groups excluding carboxylic acids is 1. The van der Waals surface area contributed by atoms with Crippen molar-refractivity contribution in [1.29, 1.82) is 0 Å². The molecule has 1 aliphatic carbocycles. The third-order valence-electron chi connectivity index (χ3n) is 5.79. The van der Waals surface area contributed by atoms with Crippen molar-refractivity contribution >= 4 is 15.7 Å². The van der Waals surface area contributed by atoms with Crippen LogP contribution in [-0.4, -0.2) is 31.5 Å². The van der Waals surface area contributed by atoms with Gasteiger partial charge in [0.05, 0.1) is 15.7 Å². The highest BCUT2D eigenvalue weighted by atomic mass is 32.2. The largest absolute Gasteiger partial charge is 0.333 e. The van der Waals surface area contributed by atoms with Gasteiger partial charge in [-0.05, 0) is 56.5 Å². The van der Waals surface area contributed by atoms with E-state index in [1.54, 1.807) is 36.2 Å². The SMILES string of the molecule is CN(C(=O)c1ccc(S(=O)(=O)C2CCCC2)cc1)C(C)(C)c1ccccc1. The summed E-state index contributed by atoms with van der Waals surface area (Å²) < 4.78 is 25.4. The smallest absolute Gasteiger partial charge is 0.254 e.